The summed E-state index contributed by atoms with van der Waals surface area (Å²) in [6, 6.07) is 6.94. The number of carbonyl (C=O) groups excluding carboxylic acids is 1. The molecule has 0 bridgehead atoms. The fourth-order valence-electron chi connectivity index (χ4n) is 2.70. The van der Waals surface area contributed by atoms with Crippen molar-refractivity contribution in [2.75, 3.05) is 26.6 Å². The standard InChI is InChI=1S/C18H15Cl2NO4/c1-23-13-7-9(8-14(24-2)17(13)25-3)6-11-10-4-5-12(19)15(20)16(10)21-18(11)22/h4-8H,1-3H3,(H,21,22)/b11-6-. The molecule has 130 valence electrons. The lowest BCUT2D eigenvalue weighted by atomic mass is 10.0. The topological polar surface area (TPSA) is 56.8 Å². The molecule has 0 saturated carbocycles. The number of nitrogens with one attached hydrogen (secondary N) is 1. The summed E-state index contributed by atoms with van der Waals surface area (Å²) >= 11 is 12.2. The average molecular weight is 380 g/mol. The SMILES string of the molecule is COc1cc(/C=C2\C(=O)Nc3c2ccc(Cl)c3Cl)cc(OC)c1OC. The highest BCUT2D eigenvalue weighted by molar-refractivity contribution is 6.47. The van der Waals surface area contributed by atoms with Gasteiger partial charge in [-0.15, -0.1) is 0 Å². The zero-order chi connectivity index (χ0) is 18.1. The molecule has 0 saturated heterocycles. The molecule has 2 aromatic rings. The number of benzene rings is 2. The Labute approximate surface area is 155 Å². The van der Waals surface area contributed by atoms with E-state index in [9.17, 15) is 4.79 Å². The van der Waals surface area contributed by atoms with Crippen LogP contribution < -0.4 is 19.5 Å². The molecule has 1 aliphatic heterocycles. The van der Waals surface area contributed by atoms with Gasteiger partial charge in [0.2, 0.25) is 5.75 Å². The Morgan fingerprint density at radius 2 is 1.64 bits per heavy atom. The summed E-state index contributed by atoms with van der Waals surface area (Å²) in [6.45, 7) is 0. The van der Waals surface area contributed by atoms with Crippen molar-refractivity contribution >= 4 is 46.4 Å². The minimum absolute atomic E-state index is 0.257. The number of rotatable bonds is 4. The van der Waals surface area contributed by atoms with Crippen LogP contribution >= 0.6 is 23.2 Å². The number of methoxy groups -OCH3 is 3. The largest absolute Gasteiger partial charge is 0.493 e. The molecule has 1 heterocycles. The van der Waals surface area contributed by atoms with Crippen molar-refractivity contribution in [3.05, 3.63) is 45.4 Å². The molecule has 0 aliphatic carbocycles. The number of hydrogen-bond donors (Lipinski definition) is 1. The summed E-state index contributed by atoms with van der Waals surface area (Å²) in [6.07, 6.45) is 1.73. The predicted octanol–water partition coefficient (Wildman–Crippen LogP) is 4.51. The van der Waals surface area contributed by atoms with E-state index < -0.39 is 0 Å². The molecule has 0 atom stereocenters. The summed E-state index contributed by atoms with van der Waals surface area (Å²) < 4.78 is 16.0. The number of fused-ring (bicyclic) bond motifs is 1. The summed E-state index contributed by atoms with van der Waals surface area (Å²) in [7, 11) is 4.60. The third kappa shape index (κ3) is 3.01. The second-order valence-electron chi connectivity index (χ2n) is 5.25. The Kier molecular flexibility index (Phi) is 4.79. The predicted molar refractivity (Wildman–Crippen MR) is 99.1 cm³/mol. The van der Waals surface area contributed by atoms with Crippen LogP contribution in [-0.4, -0.2) is 27.2 Å². The minimum atomic E-state index is -0.257. The van der Waals surface area contributed by atoms with Gasteiger partial charge in [-0.25, -0.2) is 0 Å². The highest BCUT2D eigenvalue weighted by Gasteiger charge is 2.27. The van der Waals surface area contributed by atoms with Crippen molar-refractivity contribution in [3.63, 3.8) is 0 Å². The molecule has 0 radical (unpaired) electrons. The van der Waals surface area contributed by atoms with Crippen LogP contribution in [0.5, 0.6) is 17.2 Å². The van der Waals surface area contributed by atoms with E-state index in [2.05, 4.69) is 5.32 Å². The van der Waals surface area contributed by atoms with E-state index in [-0.39, 0.29) is 5.91 Å². The van der Waals surface area contributed by atoms with E-state index >= 15 is 0 Å². The zero-order valence-corrected chi connectivity index (χ0v) is 15.3. The maximum Gasteiger partial charge on any atom is 0.256 e. The van der Waals surface area contributed by atoms with Gasteiger partial charge < -0.3 is 19.5 Å². The Morgan fingerprint density at radius 3 is 2.20 bits per heavy atom. The lowest BCUT2D eigenvalue weighted by molar-refractivity contribution is -0.110. The van der Waals surface area contributed by atoms with E-state index in [1.165, 1.54) is 21.3 Å². The number of carbonyl (C=O) groups is 1. The second-order valence-corrected chi connectivity index (χ2v) is 6.04. The minimum Gasteiger partial charge on any atom is -0.493 e. The first-order valence-corrected chi connectivity index (χ1v) is 8.07. The molecule has 3 rings (SSSR count). The van der Waals surface area contributed by atoms with Gasteiger partial charge in [-0.3, -0.25) is 4.79 Å². The number of amides is 1. The third-order valence-electron chi connectivity index (χ3n) is 3.87. The molecule has 7 heteroatoms. The van der Waals surface area contributed by atoms with Crippen molar-refractivity contribution in [3.8, 4) is 17.2 Å². The van der Waals surface area contributed by atoms with E-state index in [0.29, 0.717) is 44.1 Å². The Balaban J connectivity index is 2.14. The van der Waals surface area contributed by atoms with Crippen molar-refractivity contribution in [1.82, 2.24) is 0 Å². The number of halogens is 2. The van der Waals surface area contributed by atoms with Crippen LogP contribution in [0, 0.1) is 0 Å². The molecule has 2 aromatic carbocycles. The van der Waals surface area contributed by atoms with Gasteiger partial charge in [0.05, 0.1) is 37.1 Å². The third-order valence-corrected chi connectivity index (χ3v) is 4.67. The van der Waals surface area contributed by atoms with Gasteiger partial charge in [0.15, 0.2) is 11.5 Å². The first kappa shape index (κ1) is 17.5. The van der Waals surface area contributed by atoms with Gasteiger partial charge in [-0.05, 0) is 29.8 Å². The first-order valence-electron chi connectivity index (χ1n) is 7.31. The van der Waals surface area contributed by atoms with Crippen LogP contribution in [-0.2, 0) is 4.79 Å². The number of anilines is 1. The Bertz CT molecular complexity index is 868. The average Bonchev–Trinajstić information content (AvgIpc) is 2.93. The van der Waals surface area contributed by atoms with Gasteiger partial charge in [-0.2, -0.15) is 0 Å². The normalized spacial score (nSPS) is 14.3. The molecule has 0 fully saturated rings. The molecular formula is C18H15Cl2NO4. The van der Waals surface area contributed by atoms with Gasteiger partial charge in [0, 0.05) is 11.1 Å². The Morgan fingerprint density at radius 1 is 1.00 bits per heavy atom. The molecular weight excluding hydrogens is 365 g/mol. The highest BCUT2D eigenvalue weighted by atomic mass is 35.5. The van der Waals surface area contributed by atoms with Crippen molar-refractivity contribution in [2.45, 2.75) is 0 Å². The lowest BCUT2D eigenvalue weighted by Gasteiger charge is -2.13. The smallest absolute Gasteiger partial charge is 0.256 e. The quantitative estimate of drug-likeness (QED) is 0.793. The maximum atomic E-state index is 12.4. The van der Waals surface area contributed by atoms with Gasteiger partial charge >= 0.3 is 0 Å². The monoisotopic (exact) mass is 379 g/mol. The van der Waals surface area contributed by atoms with Crippen molar-refractivity contribution in [2.24, 2.45) is 0 Å². The Hall–Kier alpha value is -2.37. The van der Waals surface area contributed by atoms with Crippen LogP contribution in [0.15, 0.2) is 24.3 Å². The fraction of sp³-hybridized carbons (Fsp3) is 0.167. The molecule has 25 heavy (non-hydrogen) atoms. The molecule has 0 aromatic heterocycles. The van der Waals surface area contributed by atoms with Gasteiger partial charge in [0.25, 0.3) is 5.91 Å². The van der Waals surface area contributed by atoms with Crippen molar-refractivity contribution < 1.29 is 19.0 Å². The molecule has 1 aliphatic rings. The van der Waals surface area contributed by atoms with E-state index in [1.54, 1.807) is 30.3 Å². The van der Waals surface area contributed by atoms with Crippen LogP contribution in [0.3, 0.4) is 0 Å². The van der Waals surface area contributed by atoms with Gasteiger partial charge in [-0.1, -0.05) is 29.3 Å². The maximum absolute atomic E-state index is 12.4. The van der Waals surface area contributed by atoms with E-state index in [1.807, 2.05) is 0 Å². The second kappa shape index (κ2) is 6.86. The lowest BCUT2D eigenvalue weighted by Crippen LogP contribution is -2.04. The van der Waals surface area contributed by atoms with Gasteiger partial charge in [0.1, 0.15) is 0 Å². The molecule has 0 unspecified atom stereocenters. The summed E-state index contributed by atoms with van der Waals surface area (Å²) in [4.78, 5) is 12.4. The first-order chi connectivity index (χ1) is 12.0. The van der Waals surface area contributed by atoms with Crippen LogP contribution in [0.2, 0.25) is 10.0 Å². The zero-order valence-electron chi connectivity index (χ0n) is 13.8. The van der Waals surface area contributed by atoms with Crippen LogP contribution in [0.1, 0.15) is 11.1 Å². The van der Waals surface area contributed by atoms with E-state index in [0.717, 1.165) is 5.56 Å². The fourth-order valence-corrected chi connectivity index (χ4v) is 3.06. The summed E-state index contributed by atoms with van der Waals surface area (Å²) in [5.41, 5.74) is 2.40. The molecule has 5 nitrogen and oxygen atoms in total. The molecule has 1 N–H and O–H groups in total. The highest BCUT2D eigenvalue weighted by Crippen LogP contribution is 2.43. The van der Waals surface area contributed by atoms with Crippen LogP contribution in [0.25, 0.3) is 11.6 Å². The number of hydrogen-bond acceptors (Lipinski definition) is 4. The summed E-state index contributed by atoms with van der Waals surface area (Å²) in [5, 5.41) is 3.45. The van der Waals surface area contributed by atoms with Crippen LogP contribution in [0.4, 0.5) is 5.69 Å². The molecule has 0 spiro atoms. The molecule has 1 amide bonds. The summed E-state index contributed by atoms with van der Waals surface area (Å²) in [5.74, 6) is 1.23. The van der Waals surface area contributed by atoms with E-state index in [4.69, 9.17) is 37.4 Å². The van der Waals surface area contributed by atoms with Crippen molar-refractivity contribution in [1.29, 1.82) is 0 Å². The number of ether oxygens (including phenoxy) is 3.